The minimum atomic E-state index is -0.682. The van der Waals surface area contributed by atoms with E-state index in [4.69, 9.17) is 10.8 Å². The summed E-state index contributed by atoms with van der Waals surface area (Å²) in [6, 6.07) is 7.74. The summed E-state index contributed by atoms with van der Waals surface area (Å²) in [7, 11) is 0. The van der Waals surface area contributed by atoms with Gasteiger partial charge in [-0.2, -0.15) is 0 Å². The van der Waals surface area contributed by atoms with Gasteiger partial charge in [0.05, 0.1) is 5.56 Å². The van der Waals surface area contributed by atoms with Gasteiger partial charge in [0.15, 0.2) is 0 Å². The number of nitrogens with two attached hydrogens (primary N) is 1. The van der Waals surface area contributed by atoms with E-state index in [1.807, 2.05) is 24.3 Å². The van der Waals surface area contributed by atoms with Gasteiger partial charge in [-0.3, -0.25) is 9.59 Å². The standard InChI is InChI=1S/C16H26O2.C9H7NOS/c1-16(2)13-10-9-12(14(16)11-13)7-5-3-4-6-8-15(17)18;10-9(11)7-5-12-8-4-2-1-3-6(7)8/h3,5,12-14H,4,6-11H2,1-2H3,(H,17,18);1-5H,(H2,10,11)/b5-3-;. The maximum Gasteiger partial charge on any atom is 0.303 e. The van der Waals surface area contributed by atoms with Crippen LogP contribution in [0.4, 0.5) is 0 Å². The highest BCUT2D eigenvalue weighted by atomic mass is 32.1. The summed E-state index contributed by atoms with van der Waals surface area (Å²) in [5, 5.41) is 11.3. The molecule has 3 atom stereocenters. The normalized spacial score (nSPS) is 24.1. The van der Waals surface area contributed by atoms with Gasteiger partial charge < -0.3 is 10.8 Å². The number of rotatable bonds is 7. The maximum atomic E-state index is 10.9. The van der Waals surface area contributed by atoms with Crippen molar-refractivity contribution in [2.75, 3.05) is 0 Å². The maximum absolute atomic E-state index is 10.9. The van der Waals surface area contributed by atoms with E-state index in [1.54, 1.807) is 16.7 Å². The second-order valence-electron chi connectivity index (χ2n) is 9.20. The van der Waals surface area contributed by atoms with Crippen LogP contribution in [-0.2, 0) is 4.79 Å². The Labute approximate surface area is 183 Å². The fraction of sp³-hybridized carbons (Fsp3) is 0.520. The number of primary amides is 1. The minimum absolute atomic E-state index is 0.297. The number of amides is 1. The minimum Gasteiger partial charge on any atom is -0.481 e. The van der Waals surface area contributed by atoms with Crippen LogP contribution in [0, 0.1) is 23.2 Å². The van der Waals surface area contributed by atoms with E-state index >= 15 is 0 Å². The van der Waals surface area contributed by atoms with E-state index in [1.165, 1.54) is 25.7 Å². The van der Waals surface area contributed by atoms with Gasteiger partial charge in [0.25, 0.3) is 0 Å². The Morgan fingerprint density at radius 2 is 2.00 bits per heavy atom. The quantitative estimate of drug-likeness (QED) is 0.404. The molecule has 0 saturated heterocycles. The molecule has 0 radical (unpaired) electrons. The second kappa shape index (κ2) is 9.78. The van der Waals surface area contributed by atoms with Crippen molar-refractivity contribution < 1.29 is 14.7 Å². The third-order valence-corrected chi connectivity index (χ3v) is 8.08. The molecule has 3 aliphatic carbocycles. The first-order valence-electron chi connectivity index (χ1n) is 10.9. The molecule has 3 unspecified atom stereocenters. The highest BCUT2D eigenvalue weighted by molar-refractivity contribution is 7.17. The molecule has 162 valence electrons. The van der Waals surface area contributed by atoms with Crippen molar-refractivity contribution in [3.05, 3.63) is 47.4 Å². The monoisotopic (exact) mass is 427 g/mol. The number of carbonyl (C=O) groups excluding carboxylic acids is 1. The first-order chi connectivity index (χ1) is 14.3. The highest BCUT2D eigenvalue weighted by Gasteiger charge is 2.53. The molecular weight excluding hydrogens is 394 g/mol. The topological polar surface area (TPSA) is 80.4 Å². The molecule has 4 nitrogen and oxygen atoms in total. The summed E-state index contributed by atoms with van der Waals surface area (Å²) in [4.78, 5) is 21.3. The van der Waals surface area contributed by atoms with Crippen LogP contribution in [0.5, 0.6) is 0 Å². The van der Waals surface area contributed by atoms with Crippen LogP contribution < -0.4 is 5.73 Å². The van der Waals surface area contributed by atoms with E-state index in [9.17, 15) is 9.59 Å². The largest absolute Gasteiger partial charge is 0.481 e. The summed E-state index contributed by atoms with van der Waals surface area (Å²) in [6.45, 7) is 4.88. The van der Waals surface area contributed by atoms with Crippen LogP contribution in [0.3, 0.4) is 0 Å². The Hall–Kier alpha value is -2.14. The van der Waals surface area contributed by atoms with Crippen molar-refractivity contribution in [1.29, 1.82) is 0 Å². The Kier molecular flexibility index (Phi) is 7.35. The smallest absolute Gasteiger partial charge is 0.303 e. The zero-order valence-electron chi connectivity index (χ0n) is 18.0. The number of hydrogen-bond acceptors (Lipinski definition) is 3. The molecule has 3 aliphatic rings. The molecule has 1 amide bonds. The molecule has 3 saturated carbocycles. The number of allylic oxidation sites excluding steroid dienone is 2. The van der Waals surface area contributed by atoms with Crippen molar-refractivity contribution in [3.63, 3.8) is 0 Å². The Morgan fingerprint density at radius 1 is 1.23 bits per heavy atom. The lowest BCUT2D eigenvalue weighted by Crippen LogP contribution is -2.52. The van der Waals surface area contributed by atoms with E-state index < -0.39 is 5.97 Å². The number of benzene rings is 1. The van der Waals surface area contributed by atoms with Crippen molar-refractivity contribution in [2.45, 2.75) is 58.8 Å². The summed E-state index contributed by atoms with van der Waals surface area (Å²) in [6.07, 6.45) is 11.9. The molecule has 2 aromatic rings. The second-order valence-corrected chi connectivity index (χ2v) is 10.1. The van der Waals surface area contributed by atoms with Crippen LogP contribution in [0.1, 0.15) is 69.2 Å². The Balaban J connectivity index is 0.000000184. The molecule has 5 rings (SSSR count). The summed E-state index contributed by atoms with van der Waals surface area (Å²) in [5.41, 5.74) is 6.40. The number of aliphatic carboxylic acids is 1. The zero-order chi connectivity index (χ0) is 21.7. The molecule has 3 fully saturated rings. The number of carboxylic acids is 1. The van der Waals surface area contributed by atoms with Crippen molar-refractivity contribution >= 4 is 33.3 Å². The lowest BCUT2D eigenvalue weighted by atomic mass is 9.45. The fourth-order valence-corrected chi connectivity index (χ4v) is 6.12. The van der Waals surface area contributed by atoms with Crippen LogP contribution in [0.2, 0.25) is 0 Å². The fourth-order valence-electron chi connectivity index (χ4n) is 5.17. The van der Waals surface area contributed by atoms with Crippen LogP contribution in [0.15, 0.2) is 41.8 Å². The third-order valence-electron chi connectivity index (χ3n) is 7.11. The number of carboxylic acid groups (broad SMARTS) is 1. The molecule has 0 aliphatic heterocycles. The van der Waals surface area contributed by atoms with Crippen molar-refractivity contribution in [2.24, 2.45) is 28.9 Å². The van der Waals surface area contributed by atoms with Gasteiger partial charge in [0, 0.05) is 21.9 Å². The number of hydrogen-bond donors (Lipinski definition) is 2. The molecule has 0 spiro atoms. The first kappa shape index (κ1) is 22.5. The SMILES string of the molecule is CC1(C)C2CCC(C/C=C\CCCC(=O)O)C1C2.NC(=O)c1csc2ccccc12. The molecule has 1 heterocycles. The zero-order valence-corrected chi connectivity index (χ0v) is 18.8. The van der Waals surface area contributed by atoms with Crippen molar-refractivity contribution in [3.8, 4) is 0 Å². The van der Waals surface area contributed by atoms with Crippen LogP contribution in [-0.4, -0.2) is 17.0 Å². The van der Waals surface area contributed by atoms with E-state index in [2.05, 4.69) is 26.0 Å². The number of unbranched alkanes of at least 4 members (excludes halogenated alkanes) is 1. The number of thiophene rings is 1. The van der Waals surface area contributed by atoms with E-state index in [0.717, 1.165) is 40.7 Å². The average Bonchev–Trinajstić information content (AvgIpc) is 3.15. The van der Waals surface area contributed by atoms with Gasteiger partial charge in [-0.05, 0) is 67.8 Å². The Morgan fingerprint density at radius 3 is 2.67 bits per heavy atom. The van der Waals surface area contributed by atoms with Gasteiger partial charge in [0.1, 0.15) is 0 Å². The highest BCUT2D eigenvalue weighted by Crippen LogP contribution is 2.62. The van der Waals surface area contributed by atoms with Gasteiger partial charge in [-0.15, -0.1) is 11.3 Å². The predicted molar refractivity (Wildman–Crippen MR) is 124 cm³/mol. The molecule has 3 N–H and O–H groups in total. The van der Waals surface area contributed by atoms with Gasteiger partial charge >= 0.3 is 5.97 Å². The third kappa shape index (κ3) is 5.12. The summed E-state index contributed by atoms with van der Waals surface area (Å²) >= 11 is 1.54. The van der Waals surface area contributed by atoms with E-state index in [0.29, 0.717) is 17.4 Å². The number of carbonyl (C=O) groups is 2. The van der Waals surface area contributed by atoms with Gasteiger partial charge in [0.2, 0.25) is 5.91 Å². The molecule has 1 aromatic carbocycles. The van der Waals surface area contributed by atoms with Crippen molar-refractivity contribution in [1.82, 2.24) is 0 Å². The lowest BCUT2D eigenvalue weighted by molar-refractivity contribution is -0.137. The molecule has 30 heavy (non-hydrogen) atoms. The van der Waals surface area contributed by atoms with Gasteiger partial charge in [-0.1, -0.05) is 44.2 Å². The van der Waals surface area contributed by atoms with E-state index in [-0.39, 0.29) is 5.91 Å². The molecule has 2 bridgehead atoms. The molecule has 1 aromatic heterocycles. The van der Waals surface area contributed by atoms with Crippen LogP contribution in [0.25, 0.3) is 10.1 Å². The Bertz CT molecular complexity index is 912. The molecule has 5 heteroatoms. The summed E-state index contributed by atoms with van der Waals surface area (Å²) < 4.78 is 1.10. The first-order valence-corrected chi connectivity index (χ1v) is 11.8. The molecular formula is C25H33NO3S. The van der Waals surface area contributed by atoms with Crippen LogP contribution >= 0.6 is 11.3 Å². The predicted octanol–water partition coefficient (Wildman–Crippen LogP) is 6.26. The lowest BCUT2D eigenvalue weighted by Gasteiger charge is -2.60. The average molecular weight is 428 g/mol. The summed E-state index contributed by atoms with van der Waals surface area (Å²) in [5.74, 6) is 1.75. The number of fused-ring (bicyclic) bond motifs is 3. The van der Waals surface area contributed by atoms with Gasteiger partial charge in [-0.25, -0.2) is 0 Å².